The summed E-state index contributed by atoms with van der Waals surface area (Å²) in [7, 11) is 1.85. The molecule has 0 radical (unpaired) electrons. The molecule has 0 saturated carbocycles. The molecule has 0 unspecified atom stereocenters. The minimum atomic E-state index is 0.0340. The molecule has 0 bridgehead atoms. The average Bonchev–Trinajstić information content (AvgIpc) is 2.83. The highest BCUT2D eigenvalue weighted by Crippen LogP contribution is 2.19. The highest BCUT2D eigenvalue weighted by Gasteiger charge is 2.19. The minimum absolute atomic E-state index is 0.0340. The normalized spacial score (nSPS) is 10.8. The molecule has 3 N–H and O–H groups in total. The average molecular weight is 246 g/mol. The first-order valence-electron chi connectivity index (χ1n) is 5.96. The van der Waals surface area contributed by atoms with Gasteiger partial charge >= 0.3 is 0 Å². The molecule has 2 heterocycles. The van der Waals surface area contributed by atoms with E-state index in [0.717, 1.165) is 30.2 Å². The second-order valence-corrected chi connectivity index (χ2v) is 4.28. The molecule has 6 nitrogen and oxygen atoms in total. The van der Waals surface area contributed by atoms with Crippen LogP contribution in [0.15, 0.2) is 12.4 Å². The maximum Gasteiger partial charge on any atom is 0.147 e. The van der Waals surface area contributed by atoms with Crippen molar-refractivity contribution in [2.75, 3.05) is 0 Å². The first-order chi connectivity index (χ1) is 8.56. The molecular formula is C12H18N6. The summed E-state index contributed by atoms with van der Waals surface area (Å²) in [5.41, 5.74) is 7.09. The predicted octanol–water partition coefficient (Wildman–Crippen LogP) is 1.15. The van der Waals surface area contributed by atoms with E-state index < -0.39 is 0 Å². The molecule has 0 aromatic carbocycles. The van der Waals surface area contributed by atoms with Crippen LogP contribution in [0.4, 0.5) is 0 Å². The molecule has 0 aliphatic rings. The lowest BCUT2D eigenvalue weighted by Gasteiger charge is -2.09. The summed E-state index contributed by atoms with van der Waals surface area (Å²) in [6, 6.07) is 0. The van der Waals surface area contributed by atoms with E-state index in [1.807, 2.05) is 24.7 Å². The van der Waals surface area contributed by atoms with Gasteiger partial charge in [-0.25, -0.2) is 4.98 Å². The highest BCUT2D eigenvalue weighted by molar-refractivity contribution is 5.99. The Bertz CT molecular complexity index is 577. The van der Waals surface area contributed by atoms with Crippen LogP contribution < -0.4 is 5.73 Å². The van der Waals surface area contributed by atoms with E-state index >= 15 is 0 Å². The van der Waals surface area contributed by atoms with Crippen LogP contribution >= 0.6 is 0 Å². The van der Waals surface area contributed by atoms with Gasteiger partial charge in [-0.1, -0.05) is 6.92 Å². The van der Waals surface area contributed by atoms with Crippen molar-refractivity contribution in [1.29, 1.82) is 5.41 Å². The zero-order chi connectivity index (χ0) is 13.3. The SMILES string of the molecule is CCCc1nccn1-c1c(C(=N)N)c(C)nn1C. The molecule has 0 atom stereocenters. The first kappa shape index (κ1) is 12.3. The zero-order valence-corrected chi connectivity index (χ0v) is 10.9. The number of nitrogens with one attached hydrogen (secondary N) is 1. The van der Waals surface area contributed by atoms with E-state index in [2.05, 4.69) is 17.0 Å². The summed E-state index contributed by atoms with van der Waals surface area (Å²) in [6.07, 6.45) is 5.54. The molecule has 96 valence electrons. The number of nitrogen functional groups attached to an aromatic ring is 1. The van der Waals surface area contributed by atoms with Crippen molar-refractivity contribution in [3.63, 3.8) is 0 Å². The van der Waals surface area contributed by atoms with Gasteiger partial charge in [0.15, 0.2) is 0 Å². The topological polar surface area (TPSA) is 85.5 Å². The molecule has 2 rings (SSSR count). The smallest absolute Gasteiger partial charge is 0.147 e. The Hall–Kier alpha value is -2.11. The molecule has 0 amide bonds. The molecule has 18 heavy (non-hydrogen) atoms. The van der Waals surface area contributed by atoms with Crippen molar-refractivity contribution in [3.05, 3.63) is 29.5 Å². The van der Waals surface area contributed by atoms with Gasteiger partial charge in [0, 0.05) is 25.9 Å². The molecule has 0 saturated heterocycles. The third kappa shape index (κ3) is 1.90. The maximum atomic E-state index is 7.70. The predicted molar refractivity (Wildman–Crippen MR) is 70.1 cm³/mol. The van der Waals surface area contributed by atoms with Gasteiger partial charge in [0.05, 0.1) is 11.3 Å². The van der Waals surface area contributed by atoms with Crippen LogP contribution in [-0.2, 0) is 13.5 Å². The monoisotopic (exact) mass is 246 g/mol. The third-order valence-corrected chi connectivity index (χ3v) is 2.88. The van der Waals surface area contributed by atoms with Gasteiger partial charge in [-0.05, 0) is 13.3 Å². The van der Waals surface area contributed by atoms with E-state index in [1.165, 1.54) is 0 Å². The second kappa shape index (κ2) is 4.64. The van der Waals surface area contributed by atoms with Gasteiger partial charge in [0.1, 0.15) is 17.5 Å². The largest absolute Gasteiger partial charge is 0.384 e. The van der Waals surface area contributed by atoms with Gasteiger partial charge < -0.3 is 5.73 Å². The van der Waals surface area contributed by atoms with Crippen LogP contribution in [0.25, 0.3) is 5.82 Å². The molecule has 2 aromatic heterocycles. The number of nitrogens with zero attached hydrogens (tertiary/aromatic N) is 4. The number of aryl methyl sites for hydroxylation is 3. The van der Waals surface area contributed by atoms with Gasteiger partial charge in [0.2, 0.25) is 0 Å². The van der Waals surface area contributed by atoms with Crippen LogP contribution in [0.5, 0.6) is 0 Å². The number of amidine groups is 1. The summed E-state index contributed by atoms with van der Waals surface area (Å²) < 4.78 is 3.70. The van der Waals surface area contributed by atoms with E-state index in [-0.39, 0.29) is 5.84 Å². The number of aromatic nitrogens is 4. The lowest BCUT2D eigenvalue weighted by molar-refractivity contribution is 0.700. The fourth-order valence-electron chi connectivity index (χ4n) is 2.17. The number of hydrogen-bond donors (Lipinski definition) is 2. The van der Waals surface area contributed by atoms with Gasteiger partial charge in [-0.3, -0.25) is 14.7 Å². The summed E-state index contributed by atoms with van der Waals surface area (Å²) in [4.78, 5) is 4.34. The number of nitrogens with two attached hydrogens (primary N) is 1. The highest BCUT2D eigenvalue weighted by atomic mass is 15.3. The van der Waals surface area contributed by atoms with Crippen LogP contribution in [0.3, 0.4) is 0 Å². The standard InChI is InChI=1S/C12H18N6/c1-4-5-9-15-6-7-18(9)12-10(11(13)14)8(2)16-17(12)3/h6-7H,4-5H2,1-3H3,(H3,13,14). The van der Waals surface area contributed by atoms with Crippen molar-refractivity contribution < 1.29 is 0 Å². The summed E-state index contributed by atoms with van der Waals surface area (Å²) in [6.45, 7) is 3.97. The van der Waals surface area contributed by atoms with Crippen LogP contribution in [-0.4, -0.2) is 25.2 Å². The van der Waals surface area contributed by atoms with Crippen LogP contribution in [0.2, 0.25) is 0 Å². The lowest BCUT2D eigenvalue weighted by atomic mass is 10.2. The first-order valence-corrected chi connectivity index (χ1v) is 5.96. The molecule has 0 fully saturated rings. The number of hydrogen-bond acceptors (Lipinski definition) is 3. The summed E-state index contributed by atoms with van der Waals surface area (Å²) in [5.74, 6) is 1.80. The van der Waals surface area contributed by atoms with E-state index in [1.54, 1.807) is 10.9 Å². The molecule has 6 heteroatoms. The summed E-state index contributed by atoms with van der Waals surface area (Å²) in [5, 5.41) is 12.0. The Morgan fingerprint density at radius 3 is 2.83 bits per heavy atom. The van der Waals surface area contributed by atoms with Crippen molar-refractivity contribution >= 4 is 5.84 Å². The quantitative estimate of drug-likeness (QED) is 0.627. The Kier molecular flexibility index (Phi) is 3.18. The van der Waals surface area contributed by atoms with Gasteiger partial charge in [0.25, 0.3) is 0 Å². The molecule has 0 spiro atoms. The third-order valence-electron chi connectivity index (χ3n) is 2.88. The molecule has 2 aromatic rings. The molecular weight excluding hydrogens is 228 g/mol. The summed E-state index contributed by atoms with van der Waals surface area (Å²) >= 11 is 0. The van der Waals surface area contributed by atoms with Crippen molar-refractivity contribution in [1.82, 2.24) is 19.3 Å². The number of imidazole rings is 1. The molecule has 0 aliphatic carbocycles. The van der Waals surface area contributed by atoms with Gasteiger partial charge in [-0.2, -0.15) is 5.10 Å². The Balaban J connectivity index is 2.63. The van der Waals surface area contributed by atoms with E-state index in [4.69, 9.17) is 11.1 Å². The lowest BCUT2D eigenvalue weighted by Crippen LogP contribution is -2.16. The molecule has 0 aliphatic heterocycles. The second-order valence-electron chi connectivity index (χ2n) is 4.28. The Morgan fingerprint density at radius 2 is 2.22 bits per heavy atom. The van der Waals surface area contributed by atoms with Crippen molar-refractivity contribution in [3.8, 4) is 5.82 Å². The van der Waals surface area contributed by atoms with Crippen LogP contribution in [0.1, 0.15) is 30.4 Å². The Morgan fingerprint density at radius 1 is 1.50 bits per heavy atom. The van der Waals surface area contributed by atoms with Crippen molar-refractivity contribution in [2.24, 2.45) is 12.8 Å². The Labute approximate surface area is 106 Å². The fourth-order valence-corrected chi connectivity index (χ4v) is 2.17. The van der Waals surface area contributed by atoms with Crippen molar-refractivity contribution in [2.45, 2.75) is 26.7 Å². The number of rotatable bonds is 4. The maximum absolute atomic E-state index is 7.70. The van der Waals surface area contributed by atoms with E-state index in [0.29, 0.717) is 5.56 Å². The zero-order valence-electron chi connectivity index (χ0n) is 10.9. The van der Waals surface area contributed by atoms with Gasteiger partial charge in [-0.15, -0.1) is 0 Å². The van der Waals surface area contributed by atoms with E-state index in [9.17, 15) is 0 Å². The van der Waals surface area contributed by atoms with Crippen LogP contribution in [0, 0.1) is 12.3 Å². The fraction of sp³-hybridized carbons (Fsp3) is 0.417. The minimum Gasteiger partial charge on any atom is -0.384 e.